The predicted molar refractivity (Wildman–Crippen MR) is 85.6 cm³/mol. The molecular weight excluding hydrogens is 278 g/mol. The first-order valence-electron chi connectivity index (χ1n) is 6.87. The lowest BCUT2D eigenvalue weighted by atomic mass is 10.1. The SMILES string of the molecule is NC(=O)c1ccc(NC(=O)Cc2ccc3[nH]ccc3c2)cc1. The van der Waals surface area contributed by atoms with Gasteiger partial charge >= 0.3 is 0 Å². The normalized spacial score (nSPS) is 10.5. The molecule has 0 bridgehead atoms. The third kappa shape index (κ3) is 2.98. The molecule has 0 atom stereocenters. The van der Waals surface area contributed by atoms with E-state index in [1.54, 1.807) is 24.3 Å². The van der Waals surface area contributed by atoms with Crippen LogP contribution in [-0.4, -0.2) is 16.8 Å². The van der Waals surface area contributed by atoms with Crippen LogP contribution in [0.15, 0.2) is 54.7 Å². The van der Waals surface area contributed by atoms with Crippen LogP contribution in [0.1, 0.15) is 15.9 Å². The van der Waals surface area contributed by atoms with Gasteiger partial charge in [0, 0.05) is 23.0 Å². The topological polar surface area (TPSA) is 88.0 Å². The molecule has 1 heterocycles. The third-order valence-corrected chi connectivity index (χ3v) is 3.44. The van der Waals surface area contributed by atoms with Crippen molar-refractivity contribution in [2.24, 2.45) is 5.73 Å². The number of hydrogen-bond acceptors (Lipinski definition) is 2. The Morgan fingerprint density at radius 1 is 1.05 bits per heavy atom. The lowest BCUT2D eigenvalue weighted by Gasteiger charge is -2.06. The zero-order valence-electron chi connectivity index (χ0n) is 11.8. The van der Waals surface area contributed by atoms with Gasteiger partial charge in [0.05, 0.1) is 6.42 Å². The highest BCUT2D eigenvalue weighted by Crippen LogP contribution is 2.15. The fourth-order valence-corrected chi connectivity index (χ4v) is 2.32. The number of aromatic nitrogens is 1. The van der Waals surface area contributed by atoms with E-state index in [2.05, 4.69) is 10.3 Å². The molecule has 0 fully saturated rings. The van der Waals surface area contributed by atoms with Crippen LogP contribution in [0.5, 0.6) is 0 Å². The summed E-state index contributed by atoms with van der Waals surface area (Å²) in [5.74, 6) is -0.598. The van der Waals surface area contributed by atoms with Crippen LogP contribution in [0.25, 0.3) is 10.9 Å². The second-order valence-corrected chi connectivity index (χ2v) is 5.07. The average Bonchev–Trinajstić information content (AvgIpc) is 2.95. The van der Waals surface area contributed by atoms with E-state index in [1.165, 1.54) is 0 Å². The minimum absolute atomic E-state index is 0.110. The smallest absolute Gasteiger partial charge is 0.248 e. The number of primary amides is 1. The van der Waals surface area contributed by atoms with E-state index in [4.69, 9.17) is 5.73 Å². The molecule has 0 radical (unpaired) electrons. The van der Waals surface area contributed by atoms with Crippen molar-refractivity contribution in [2.45, 2.75) is 6.42 Å². The van der Waals surface area contributed by atoms with Gasteiger partial charge in [-0.05, 0) is 53.4 Å². The Balaban J connectivity index is 1.67. The molecule has 2 aromatic carbocycles. The van der Waals surface area contributed by atoms with Crippen molar-refractivity contribution in [2.75, 3.05) is 5.32 Å². The van der Waals surface area contributed by atoms with E-state index in [-0.39, 0.29) is 5.91 Å². The number of H-pyrrole nitrogens is 1. The predicted octanol–water partition coefficient (Wildman–Crippen LogP) is 2.45. The molecule has 2 amide bonds. The van der Waals surface area contributed by atoms with Gasteiger partial charge in [0.2, 0.25) is 11.8 Å². The summed E-state index contributed by atoms with van der Waals surface area (Å²) < 4.78 is 0. The summed E-state index contributed by atoms with van der Waals surface area (Å²) in [6, 6.07) is 14.3. The molecule has 0 aliphatic heterocycles. The Hall–Kier alpha value is -3.08. The number of carbonyl (C=O) groups excluding carboxylic acids is 2. The van der Waals surface area contributed by atoms with Crippen molar-refractivity contribution in [3.63, 3.8) is 0 Å². The van der Waals surface area contributed by atoms with Crippen molar-refractivity contribution < 1.29 is 9.59 Å². The van der Waals surface area contributed by atoms with Gasteiger partial charge in [0.25, 0.3) is 0 Å². The molecule has 3 rings (SSSR count). The molecule has 0 saturated heterocycles. The first-order chi connectivity index (χ1) is 10.6. The molecule has 0 aliphatic rings. The van der Waals surface area contributed by atoms with Gasteiger partial charge in [-0.1, -0.05) is 6.07 Å². The van der Waals surface area contributed by atoms with Gasteiger partial charge in [0.1, 0.15) is 0 Å². The van der Waals surface area contributed by atoms with E-state index in [0.717, 1.165) is 16.5 Å². The number of aromatic amines is 1. The van der Waals surface area contributed by atoms with Gasteiger partial charge in [-0.25, -0.2) is 0 Å². The first-order valence-corrected chi connectivity index (χ1v) is 6.87. The van der Waals surface area contributed by atoms with E-state index >= 15 is 0 Å². The van der Waals surface area contributed by atoms with Crippen LogP contribution >= 0.6 is 0 Å². The van der Waals surface area contributed by atoms with Gasteiger partial charge in [-0.3, -0.25) is 9.59 Å². The van der Waals surface area contributed by atoms with Crippen LogP contribution in [-0.2, 0) is 11.2 Å². The fraction of sp³-hybridized carbons (Fsp3) is 0.0588. The lowest BCUT2D eigenvalue weighted by molar-refractivity contribution is -0.115. The zero-order valence-corrected chi connectivity index (χ0v) is 11.8. The monoisotopic (exact) mass is 293 g/mol. The van der Waals surface area contributed by atoms with Crippen molar-refractivity contribution in [1.82, 2.24) is 4.98 Å². The summed E-state index contributed by atoms with van der Waals surface area (Å²) in [5, 5.41) is 3.88. The van der Waals surface area contributed by atoms with Gasteiger partial charge in [-0.15, -0.1) is 0 Å². The number of nitrogens with one attached hydrogen (secondary N) is 2. The van der Waals surface area contributed by atoms with Crippen molar-refractivity contribution in [3.8, 4) is 0 Å². The minimum Gasteiger partial charge on any atom is -0.366 e. The number of amides is 2. The van der Waals surface area contributed by atoms with Crippen molar-refractivity contribution >= 4 is 28.4 Å². The first kappa shape index (κ1) is 13.9. The number of hydrogen-bond donors (Lipinski definition) is 3. The molecule has 0 aliphatic carbocycles. The maximum atomic E-state index is 12.1. The maximum Gasteiger partial charge on any atom is 0.248 e. The van der Waals surface area contributed by atoms with Crippen molar-refractivity contribution in [3.05, 3.63) is 65.9 Å². The average molecular weight is 293 g/mol. The molecule has 5 heteroatoms. The van der Waals surface area contributed by atoms with E-state index in [0.29, 0.717) is 17.7 Å². The Morgan fingerprint density at radius 3 is 2.55 bits per heavy atom. The Kier molecular flexibility index (Phi) is 3.62. The van der Waals surface area contributed by atoms with Crippen LogP contribution in [0.2, 0.25) is 0 Å². The van der Waals surface area contributed by atoms with E-state index in [9.17, 15) is 9.59 Å². The molecule has 3 aromatic rings. The molecule has 110 valence electrons. The number of benzene rings is 2. The van der Waals surface area contributed by atoms with Gasteiger partial charge in [0.15, 0.2) is 0 Å². The number of fused-ring (bicyclic) bond motifs is 1. The molecule has 1 aromatic heterocycles. The van der Waals surface area contributed by atoms with Crippen LogP contribution in [0.3, 0.4) is 0 Å². The number of rotatable bonds is 4. The van der Waals surface area contributed by atoms with Gasteiger partial charge < -0.3 is 16.0 Å². The van der Waals surface area contributed by atoms with Crippen LogP contribution in [0.4, 0.5) is 5.69 Å². The largest absolute Gasteiger partial charge is 0.366 e. The van der Waals surface area contributed by atoms with E-state index < -0.39 is 5.91 Å². The lowest BCUT2D eigenvalue weighted by Crippen LogP contribution is -2.15. The summed E-state index contributed by atoms with van der Waals surface area (Å²) in [6.45, 7) is 0. The quantitative estimate of drug-likeness (QED) is 0.690. The summed E-state index contributed by atoms with van der Waals surface area (Å²) in [6.07, 6.45) is 2.16. The van der Waals surface area contributed by atoms with E-state index in [1.807, 2.05) is 30.5 Å². The maximum absolute atomic E-state index is 12.1. The summed E-state index contributed by atoms with van der Waals surface area (Å²) in [7, 11) is 0. The number of anilines is 1. The fourth-order valence-electron chi connectivity index (χ4n) is 2.32. The standard InChI is InChI=1S/C17H15N3O2/c18-17(22)12-2-4-14(5-3-12)20-16(21)10-11-1-6-15-13(9-11)7-8-19-15/h1-9,19H,10H2,(H2,18,22)(H,20,21). The molecule has 0 spiro atoms. The second kappa shape index (κ2) is 5.73. The molecule has 5 nitrogen and oxygen atoms in total. The second-order valence-electron chi connectivity index (χ2n) is 5.07. The highest BCUT2D eigenvalue weighted by atomic mass is 16.1. The van der Waals surface area contributed by atoms with Crippen LogP contribution in [0, 0.1) is 0 Å². The number of carbonyl (C=O) groups is 2. The molecular formula is C17H15N3O2. The highest BCUT2D eigenvalue weighted by Gasteiger charge is 2.06. The summed E-state index contributed by atoms with van der Waals surface area (Å²) in [4.78, 5) is 26.2. The summed E-state index contributed by atoms with van der Waals surface area (Å²) >= 11 is 0. The molecule has 22 heavy (non-hydrogen) atoms. The zero-order chi connectivity index (χ0) is 15.5. The molecule has 4 N–H and O–H groups in total. The van der Waals surface area contributed by atoms with Gasteiger partial charge in [-0.2, -0.15) is 0 Å². The van der Waals surface area contributed by atoms with Crippen molar-refractivity contribution in [1.29, 1.82) is 0 Å². The summed E-state index contributed by atoms with van der Waals surface area (Å²) in [5.41, 5.74) is 8.21. The Bertz CT molecular complexity index is 834. The molecule has 0 saturated carbocycles. The number of nitrogens with two attached hydrogens (primary N) is 1. The Labute approximate surface area is 127 Å². The Morgan fingerprint density at radius 2 is 1.82 bits per heavy atom. The molecule has 0 unspecified atom stereocenters. The van der Waals surface area contributed by atoms with Crippen LogP contribution < -0.4 is 11.1 Å². The minimum atomic E-state index is -0.488. The third-order valence-electron chi connectivity index (χ3n) is 3.44. The highest BCUT2D eigenvalue weighted by molar-refractivity contribution is 5.95.